The summed E-state index contributed by atoms with van der Waals surface area (Å²) in [4.78, 5) is 29.7. The average molecular weight is 420 g/mol. The number of carbonyl (C=O) groups is 2. The lowest BCUT2D eigenvalue weighted by molar-refractivity contribution is -0.139. The number of rotatable bonds is 4. The molecule has 0 saturated heterocycles. The quantitative estimate of drug-likeness (QED) is 0.703. The Labute approximate surface area is 168 Å². The number of hydrogen-bond acceptors (Lipinski definition) is 7. The molecule has 11 heteroatoms. The highest BCUT2D eigenvalue weighted by atomic mass is 19.4. The van der Waals surface area contributed by atoms with Gasteiger partial charge in [-0.3, -0.25) is 0 Å². The molecule has 2 heterocycles. The summed E-state index contributed by atoms with van der Waals surface area (Å²) in [7, 11) is 2.21. The highest BCUT2D eigenvalue weighted by Gasteiger charge is 2.34. The molecule has 8 nitrogen and oxygen atoms in total. The van der Waals surface area contributed by atoms with Crippen molar-refractivity contribution in [1.82, 2.24) is 14.8 Å². The summed E-state index contributed by atoms with van der Waals surface area (Å²) in [6.45, 7) is 0. The topological polar surface area (TPSA) is 86.6 Å². The molecule has 0 spiro atoms. The van der Waals surface area contributed by atoms with Crippen LogP contribution in [0.2, 0.25) is 0 Å². The van der Waals surface area contributed by atoms with E-state index in [0.29, 0.717) is 0 Å². The van der Waals surface area contributed by atoms with Gasteiger partial charge in [-0.1, -0.05) is 6.08 Å². The Morgan fingerprint density at radius 3 is 2.37 bits per heavy atom. The molecule has 0 bridgehead atoms. The first-order chi connectivity index (χ1) is 14.3. The van der Waals surface area contributed by atoms with Gasteiger partial charge in [-0.25, -0.2) is 19.3 Å². The van der Waals surface area contributed by atoms with Crippen molar-refractivity contribution >= 4 is 17.6 Å². The van der Waals surface area contributed by atoms with Gasteiger partial charge >= 0.3 is 18.1 Å². The van der Waals surface area contributed by atoms with E-state index >= 15 is 0 Å². The molecule has 0 aliphatic carbocycles. The summed E-state index contributed by atoms with van der Waals surface area (Å²) in [6.07, 6.45) is 3.37. The van der Waals surface area contributed by atoms with Crippen LogP contribution >= 0.6 is 0 Å². The second kappa shape index (κ2) is 8.23. The van der Waals surface area contributed by atoms with Gasteiger partial charge in [0.1, 0.15) is 18.4 Å². The van der Waals surface area contributed by atoms with Crippen LogP contribution in [0.5, 0.6) is 0 Å². The number of allylic oxidation sites excluding steroid dienone is 2. The molecule has 1 aliphatic heterocycles. The van der Waals surface area contributed by atoms with E-state index in [0.717, 1.165) is 31.3 Å². The van der Waals surface area contributed by atoms with E-state index < -0.39 is 23.7 Å². The van der Waals surface area contributed by atoms with Crippen molar-refractivity contribution < 1.29 is 32.2 Å². The van der Waals surface area contributed by atoms with Crippen LogP contribution in [0, 0.1) is 0 Å². The average Bonchev–Trinajstić information content (AvgIpc) is 3.17. The lowest BCUT2D eigenvalue weighted by Gasteiger charge is -2.26. The zero-order valence-corrected chi connectivity index (χ0v) is 15.8. The molecule has 1 aromatic carbocycles. The van der Waals surface area contributed by atoms with Crippen molar-refractivity contribution in [2.45, 2.75) is 6.18 Å². The van der Waals surface area contributed by atoms with Crippen molar-refractivity contribution in [2.24, 2.45) is 0 Å². The highest BCUT2D eigenvalue weighted by molar-refractivity contribution is 6.05. The molecule has 0 amide bonds. The van der Waals surface area contributed by atoms with Crippen LogP contribution in [0.25, 0.3) is 5.69 Å². The van der Waals surface area contributed by atoms with Crippen LogP contribution in [-0.4, -0.2) is 40.9 Å². The third-order valence-corrected chi connectivity index (χ3v) is 4.12. The van der Waals surface area contributed by atoms with Gasteiger partial charge in [-0.15, -0.1) is 0 Å². The number of anilines is 1. The molecule has 0 atom stereocenters. The minimum Gasteiger partial charge on any atom is -0.465 e. The second-order valence-electron chi connectivity index (χ2n) is 5.86. The smallest absolute Gasteiger partial charge is 0.416 e. The molecule has 1 aromatic heterocycles. The maximum Gasteiger partial charge on any atom is 0.416 e. The van der Waals surface area contributed by atoms with Crippen LogP contribution in [0.3, 0.4) is 0 Å². The van der Waals surface area contributed by atoms with Crippen LogP contribution in [-0.2, 0) is 25.2 Å². The van der Waals surface area contributed by atoms with E-state index in [1.165, 1.54) is 47.8 Å². The SMILES string of the molecule is COC(=O)C1=C(C(=O)OC)N(c2cc(C(F)(F)F)ccc2-n2cncn2)C=CC=C1. The van der Waals surface area contributed by atoms with Crippen molar-refractivity contribution in [3.05, 3.63) is 72.1 Å². The monoisotopic (exact) mass is 420 g/mol. The third kappa shape index (κ3) is 3.95. The van der Waals surface area contributed by atoms with Crippen molar-refractivity contribution in [3.63, 3.8) is 0 Å². The molecular weight excluding hydrogens is 405 g/mol. The normalized spacial score (nSPS) is 14.0. The summed E-state index contributed by atoms with van der Waals surface area (Å²) in [5, 5.41) is 3.95. The molecular formula is C19H15F3N4O4. The first kappa shape index (κ1) is 20.8. The third-order valence-electron chi connectivity index (χ3n) is 4.12. The number of benzene rings is 1. The lowest BCUT2D eigenvalue weighted by atomic mass is 10.1. The fourth-order valence-corrected chi connectivity index (χ4v) is 2.77. The number of esters is 2. The predicted molar refractivity (Wildman–Crippen MR) is 98.2 cm³/mol. The number of nitrogens with zero attached hydrogens (tertiary/aromatic N) is 4. The number of ether oxygens (including phenoxy) is 2. The van der Waals surface area contributed by atoms with Gasteiger partial charge in [0.15, 0.2) is 0 Å². The molecule has 0 radical (unpaired) electrons. The van der Waals surface area contributed by atoms with E-state index in [-0.39, 0.29) is 22.6 Å². The van der Waals surface area contributed by atoms with Crippen molar-refractivity contribution in [1.29, 1.82) is 0 Å². The molecule has 0 fully saturated rings. The van der Waals surface area contributed by atoms with Gasteiger partial charge in [-0.05, 0) is 30.4 Å². The first-order valence-corrected chi connectivity index (χ1v) is 8.39. The molecule has 2 aromatic rings. The van der Waals surface area contributed by atoms with E-state index in [1.807, 2.05) is 0 Å². The number of carbonyl (C=O) groups excluding carboxylic acids is 2. The largest absolute Gasteiger partial charge is 0.465 e. The van der Waals surface area contributed by atoms with Crippen LogP contribution < -0.4 is 4.90 Å². The Kier molecular flexibility index (Phi) is 5.72. The van der Waals surface area contributed by atoms with Gasteiger partial charge < -0.3 is 14.4 Å². The molecule has 30 heavy (non-hydrogen) atoms. The molecule has 1 aliphatic rings. The Hall–Kier alpha value is -3.89. The standard InChI is InChI=1S/C19H15F3N4O4/c1-29-17(27)13-5-3-4-8-25(16(13)18(28)30-2)15-9-12(19(20,21)22)6-7-14(15)26-11-23-10-24-26/h3-11H,1-2H3. The van der Waals surface area contributed by atoms with Gasteiger partial charge in [0.05, 0.1) is 36.7 Å². The van der Waals surface area contributed by atoms with Crippen LogP contribution in [0.1, 0.15) is 5.56 Å². The number of aromatic nitrogens is 3. The maximum atomic E-state index is 13.4. The zero-order valence-electron chi connectivity index (χ0n) is 15.8. The number of hydrogen-bond donors (Lipinski definition) is 0. The summed E-state index contributed by atoms with van der Waals surface area (Å²) in [6, 6.07) is 2.90. The van der Waals surface area contributed by atoms with Crippen LogP contribution in [0.15, 0.2) is 66.6 Å². The van der Waals surface area contributed by atoms with Gasteiger partial charge in [0, 0.05) is 6.20 Å². The predicted octanol–water partition coefficient (Wildman–Crippen LogP) is 2.78. The van der Waals surface area contributed by atoms with Gasteiger partial charge in [-0.2, -0.15) is 18.3 Å². The molecule has 156 valence electrons. The number of methoxy groups -OCH3 is 2. The molecule has 0 unspecified atom stereocenters. The Bertz CT molecular complexity index is 1060. The molecule has 0 saturated carbocycles. The maximum absolute atomic E-state index is 13.4. The highest BCUT2D eigenvalue weighted by Crippen LogP contribution is 2.37. The minimum absolute atomic E-state index is 0.0860. The van der Waals surface area contributed by atoms with E-state index in [4.69, 9.17) is 9.47 Å². The van der Waals surface area contributed by atoms with Gasteiger partial charge in [0.2, 0.25) is 0 Å². The lowest BCUT2D eigenvalue weighted by Crippen LogP contribution is -2.28. The summed E-state index contributed by atoms with van der Waals surface area (Å²) in [5.74, 6) is -1.82. The summed E-state index contributed by atoms with van der Waals surface area (Å²) in [5.41, 5.74) is -1.39. The second-order valence-corrected chi connectivity index (χ2v) is 5.86. The first-order valence-electron chi connectivity index (χ1n) is 8.39. The van der Waals surface area contributed by atoms with E-state index in [1.54, 1.807) is 0 Å². The summed E-state index contributed by atoms with van der Waals surface area (Å²) < 4.78 is 51.0. The van der Waals surface area contributed by atoms with Crippen LogP contribution in [0.4, 0.5) is 18.9 Å². The van der Waals surface area contributed by atoms with Gasteiger partial charge in [0.25, 0.3) is 0 Å². The summed E-state index contributed by atoms with van der Waals surface area (Å²) >= 11 is 0. The molecule has 0 N–H and O–H groups in total. The Balaban J connectivity index is 2.32. The number of halogens is 3. The Morgan fingerprint density at radius 2 is 1.77 bits per heavy atom. The minimum atomic E-state index is -4.65. The van der Waals surface area contributed by atoms with E-state index in [2.05, 4.69) is 10.1 Å². The van der Waals surface area contributed by atoms with E-state index in [9.17, 15) is 22.8 Å². The Morgan fingerprint density at radius 1 is 1.03 bits per heavy atom. The fraction of sp³-hybridized carbons (Fsp3) is 0.158. The molecule has 3 rings (SSSR count). The fourth-order valence-electron chi connectivity index (χ4n) is 2.77. The van der Waals surface area contributed by atoms with Crippen molar-refractivity contribution in [2.75, 3.05) is 19.1 Å². The zero-order chi connectivity index (χ0) is 21.9. The van der Waals surface area contributed by atoms with Crippen molar-refractivity contribution in [3.8, 4) is 5.69 Å². The number of alkyl halides is 3.